The van der Waals surface area contributed by atoms with E-state index < -0.39 is 0 Å². The van der Waals surface area contributed by atoms with Crippen molar-refractivity contribution in [1.29, 1.82) is 0 Å². The molecule has 0 bridgehead atoms. The number of carbonyl (C=O) groups excluding carboxylic acids is 1. The molecule has 100 valence electrons. The molecule has 1 unspecified atom stereocenters. The molecule has 1 amide bonds. The number of benzene rings is 1. The molecule has 0 saturated heterocycles. The summed E-state index contributed by atoms with van der Waals surface area (Å²) in [5.74, 6) is 0.393. The van der Waals surface area contributed by atoms with Crippen molar-refractivity contribution < 1.29 is 14.6 Å². The van der Waals surface area contributed by atoms with Crippen LogP contribution in [-0.2, 0) is 4.79 Å². The molecule has 0 heterocycles. The number of ether oxygens (including phenoxy) is 1. The van der Waals surface area contributed by atoms with Crippen LogP contribution in [0.25, 0.3) is 0 Å². The lowest BCUT2D eigenvalue weighted by Gasteiger charge is -2.11. The number of carbonyl (C=O) groups is 1. The van der Waals surface area contributed by atoms with Crippen molar-refractivity contribution in [3.05, 3.63) is 28.2 Å². The summed E-state index contributed by atoms with van der Waals surface area (Å²) in [6.07, 6.45) is 0.213. The molecule has 1 aromatic rings. The molecule has 0 aliphatic rings. The van der Waals surface area contributed by atoms with E-state index in [2.05, 4.69) is 5.32 Å². The Bertz CT molecular complexity index is 412. The van der Waals surface area contributed by atoms with E-state index in [1.54, 1.807) is 25.1 Å². The third-order valence-electron chi connectivity index (χ3n) is 2.17. The molecule has 2 N–H and O–H groups in total. The molecule has 18 heavy (non-hydrogen) atoms. The first-order chi connectivity index (χ1) is 8.52. The second-order valence-electron chi connectivity index (χ2n) is 3.83. The average Bonchev–Trinajstić information content (AvgIpc) is 2.33. The maximum Gasteiger partial charge on any atom is 0.223 e. The van der Waals surface area contributed by atoms with Crippen LogP contribution in [0.5, 0.6) is 5.75 Å². The van der Waals surface area contributed by atoms with Gasteiger partial charge < -0.3 is 15.2 Å². The number of amides is 1. The van der Waals surface area contributed by atoms with E-state index in [1.165, 1.54) is 0 Å². The minimum atomic E-state index is -0.248. The van der Waals surface area contributed by atoms with Crippen LogP contribution in [0, 0.1) is 0 Å². The molecule has 0 spiro atoms. The van der Waals surface area contributed by atoms with Crippen LogP contribution in [-0.4, -0.2) is 30.3 Å². The molecule has 0 aliphatic heterocycles. The van der Waals surface area contributed by atoms with Gasteiger partial charge in [-0.3, -0.25) is 4.79 Å². The number of hydrogen-bond donors (Lipinski definition) is 2. The summed E-state index contributed by atoms with van der Waals surface area (Å²) < 4.78 is 5.36. The minimum absolute atomic E-state index is 0.0839. The largest absolute Gasteiger partial charge is 0.493 e. The molecule has 0 aromatic heterocycles. The van der Waals surface area contributed by atoms with Gasteiger partial charge in [0, 0.05) is 12.1 Å². The molecule has 4 nitrogen and oxygen atoms in total. The van der Waals surface area contributed by atoms with Crippen molar-refractivity contribution in [2.45, 2.75) is 19.4 Å². The molecule has 1 atom stereocenters. The Hall–Kier alpha value is -0.970. The second kappa shape index (κ2) is 7.46. The quantitative estimate of drug-likeness (QED) is 0.845. The molecule has 6 heteroatoms. The van der Waals surface area contributed by atoms with Gasteiger partial charge in [0.2, 0.25) is 5.91 Å². The van der Waals surface area contributed by atoms with E-state index in [0.29, 0.717) is 15.8 Å². The Kier molecular flexibility index (Phi) is 6.25. The number of rotatable bonds is 6. The first-order valence-corrected chi connectivity index (χ1v) is 6.26. The number of hydrogen-bond acceptors (Lipinski definition) is 3. The smallest absolute Gasteiger partial charge is 0.223 e. The van der Waals surface area contributed by atoms with Crippen molar-refractivity contribution in [3.8, 4) is 5.75 Å². The first-order valence-electron chi connectivity index (χ1n) is 5.51. The van der Waals surface area contributed by atoms with Crippen LogP contribution in [0.1, 0.15) is 13.3 Å². The van der Waals surface area contributed by atoms with Gasteiger partial charge in [-0.25, -0.2) is 0 Å². The zero-order chi connectivity index (χ0) is 13.5. The van der Waals surface area contributed by atoms with Crippen molar-refractivity contribution in [3.63, 3.8) is 0 Å². The summed E-state index contributed by atoms with van der Waals surface area (Å²) in [6, 6.07) is 4.66. The van der Waals surface area contributed by atoms with Gasteiger partial charge in [-0.05, 0) is 19.1 Å². The monoisotopic (exact) mass is 291 g/mol. The van der Waals surface area contributed by atoms with Gasteiger partial charge in [0.25, 0.3) is 0 Å². The zero-order valence-corrected chi connectivity index (χ0v) is 11.5. The van der Waals surface area contributed by atoms with Crippen LogP contribution < -0.4 is 10.1 Å². The Morgan fingerprint density at radius 1 is 1.44 bits per heavy atom. The summed E-state index contributed by atoms with van der Waals surface area (Å²) in [4.78, 5) is 11.4. The SMILES string of the molecule is CC(CO)NC(=O)CCOc1ccc(Cl)c(Cl)c1. The Morgan fingerprint density at radius 3 is 2.78 bits per heavy atom. The number of nitrogens with one attached hydrogen (secondary N) is 1. The summed E-state index contributed by atoms with van der Waals surface area (Å²) >= 11 is 11.6. The first kappa shape index (κ1) is 15.1. The van der Waals surface area contributed by atoms with Gasteiger partial charge in [-0.15, -0.1) is 0 Å². The molecule has 0 radical (unpaired) electrons. The minimum Gasteiger partial charge on any atom is -0.493 e. The van der Waals surface area contributed by atoms with Crippen molar-refractivity contribution in [1.82, 2.24) is 5.32 Å². The van der Waals surface area contributed by atoms with Crippen molar-refractivity contribution >= 4 is 29.1 Å². The van der Waals surface area contributed by atoms with E-state index >= 15 is 0 Å². The normalized spacial score (nSPS) is 12.0. The third-order valence-corrected chi connectivity index (χ3v) is 2.91. The number of halogens is 2. The van der Waals surface area contributed by atoms with Crippen molar-refractivity contribution in [2.24, 2.45) is 0 Å². The average molecular weight is 292 g/mol. The summed E-state index contributed by atoms with van der Waals surface area (Å²) in [7, 11) is 0. The summed E-state index contributed by atoms with van der Waals surface area (Å²) in [5.41, 5.74) is 0. The fraction of sp³-hybridized carbons (Fsp3) is 0.417. The lowest BCUT2D eigenvalue weighted by atomic mass is 10.3. The van der Waals surface area contributed by atoms with Crippen LogP contribution in [0.15, 0.2) is 18.2 Å². The molecular formula is C12H15Cl2NO3. The van der Waals surface area contributed by atoms with Crippen LogP contribution in [0.2, 0.25) is 10.0 Å². The van der Waals surface area contributed by atoms with Crippen LogP contribution >= 0.6 is 23.2 Å². The van der Waals surface area contributed by atoms with Crippen LogP contribution in [0.4, 0.5) is 0 Å². The Balaban J connectivity index is 2.33. The maximum absolute atomic E-state index is 11.4. The van der Waals surface area contributed by atoms with Crippen LogP contribution in [0.3, 0.4) is 0 Å². The Morgan fingerprint density at radius 2 is 2.17 bits per heavy atom. The topological polar surface area (TPSA) is 58.6 Å². The fourth-order valence-electron chi connectivity index (χ4n) is 1.22. The lowest BCUT2D eigenvalue weighted by Crippen LogP contribution is -2.35. The highest BCUT2D eigenvalue weighted by Crippen LogP contribution is 2.26. The predicted molar refractivity (Wildman–Crippen MR) is 71.3 cm³/mol. The van der Waals surface area contributed by atoms with Gasteiger partial charge in [0.05, 0.1) is 29.7 Å². The number of aliphatic hydroxyl groups excluding tert-OH is 1. The highest BCUT2D eigenvalue weighted by molar-refractivity contribution is 6.42. The van der Waals surface area contributed by atoms with Crippen molar-refractivity contribution in [2.75, 3.05) is 13.2 Å². The lowest BCUT2D eigenvalue weighted by molar-refractivity contribution is -0.122. The van der Waals surface area contributed by atoms with Gasteiger partial charge in [-0.1, -0.05) is 23.2 Å². The molecule has 0 fully saturated rings. The van der Waals surface area contributed by atoms with Gasteiger partial charge >= 0.3 is 0 Å². The van der Waals surface area contributed by atoms with E-state index in [9.17, 15) is 4.79 Å². The van der Waals surface area contributed by atoms with E-state index in [4.69, 9.17) is 33.0 Å². The van der Waals surface area contributed by atoms with E-state index in [0.717, 1.165) is 0 Å². The maximum atomic E-state index is 11.4. The summed E-state index contributed by atoms with van der Waals surface area (Å²) in [6.45, 7) is 1.87. The molecule has 1 aromatic carbocycles. The fourth-order valence-corrected chi connectivity index (χ4v) is 1.51. The second-order valence-corrected chi connectivity index (χ2v) is 4.64. The predicted octanol–water partition coefficient (Wildman–Crippen LogP) is 2.26. The molecule has 1 rings (SSSR count). The molecule has 0 aliphatic carbocycles. The zero-order valence-electron chi connectivity index (χ0n) is 9.95. The van der Waals surface area contributed by atoms with Gasteiger partial charge in [0.1, 0.15) is 5.75 Å². The standard InChI is InChI=1S/C12H15Cl2NO3/c1-8(7-16)15-12(17)4-5-18-9-2-3-10(13)11(14)6-9/h2-3,6,8,16H,4-5,7H2,1H3,(H,15,17). The van der Waals surface area contributed by atoms with E-state index in [1.807, 2.05) is 0 Å². The molecular weight excluding hydrogens is 277 g/mol. The summed E-state index contributed by atoms with van der Waals surface area (Å²) in [5, 5.41) is 12.3. The third kappa shape index (κ3) is 5.12. The highest BCUT2D eigenvalue weighted by Gasteiger charge is 2.06. The van der Waals surface area contributed by atoms with Gasteiger partial charge in [-0.2, -0.15) is 0 Å². The van der Waals surface area contributed by atoms with Gasteiger partial charge in [0.15, 0.2) is 0 Å². The molecule has 0 saturated carbocycles. The Labute approximate surface area is 116 Å². The van der Waals surface area contributed by atoms with E-state index in [-0.39, 0.29) is 31.6 Å². The highest BCUT2D eigenvalue weighted by atomic mass is 35.5. The number of aliphatic hydroxyl groups is 1.